The average Bonchev–Trinajstić information content (AvgIpc) is 3.09. The molecule has 0 radical (unpaired) electrons. The monoisotopic (exact) mass is 638 g/mol. The van der Waals surface area contributed by atoms with E-state index in [4.69, 9.17) is 28.4 Å². The van der Waals surface area contributed by atoms with E-state index in [9.17, 15) is 0 Å². The van der Waals surface area contributed by atoms with Gasteiger partial charge >= 0.3 is 0 Å². The lowest BCUT2D eigenvalue weighted by Crippen LogP contribution is -2.33. The number of hydrogen-bond donors (Lipinski definition) is 0. The molecule has 47 heavy (non-hydrogen) atoms. The Labute approximate surface area is 279 Å². The lowest BCUT2D eigenvalue weighted by atomic mass is 9.83. The van der Waals surface area contributed by atoms with E-state index in [1.54, 1.807) is 35.5 Å². The van der Waals surface area contributed by atoms with Gasteiger partial charge in [-0.2, -0.15) is 0 Å². The van der Waals surface area contributed by atoms with Crippen LogP contribution in [0.3, 0.4) is 0 Å². The predicted molar refractivity (Wildman–Crippen MR) is 187 cm³/mol. The normalized spacial score (nSPS) is 13.5. The second-order valence-corrected chi connectivity index (χ2v) is 12.9. The van der Waals surface area contributed by atoms with E-state index in [0.29, 0.717) is 36.1 Å². The van der Waals surface area contributed by atoms with Crippen molar-refractivity contribution in [2.24, 2.45) is 0 Å². The molecule has 4 aromatic carbocycles. The van der Waals surface area contributed by atoms with Crippen molar-refractivity contribution in [3.63, 3.8) is 0 Å². The highest BCUT2D eigenvalue weighted by molar-refractivity contribution is 6.03. The van der Waals surface area contributed by atoms with E-state index >= 15 is 0 Å². The van der Waals surface area contributed by atoms with Crippen LogP contribution in [0.1, 0.15) is 67.0 Å². The SMILES string of the molecule is COc1cc2c(cc1OC)C(C(C)c1ccc(C(C)(C)C)cc1)=[N+](Cc1cccc(OC)c1OCc1cccc(OC)c1OC)CC2. The number of ether oxygens (including phenoxy) is 6. The molecule has 0 amide bonds. The molecule has 1 atom stereocenters. The minimum Gasteiger partial charge on any atom is -0.493 e. The van der Waals surface area contributed by atoms with E-state index in [2.05, 4.69) is 74.7 Å². The fourth-order valence-corrected chi connectivity index (χ4v) is 6.45. The van der Waals surface area contributed by atoms with E-state index < -0.39 is 0 Å². The Balaban J connectivity index is 1.60. The third-order valence-electron chi connectivity index (χ3n) is 9.06. The van der Waals surface area contributed by atoms with Gasteiger partial charge in [0, 0.05) is 17.5 Å². The van der Waals surface area contributed by atoms with Crippen LogP contribution >= 0.6 is 0 Å². The first-order valence-corrected chi connectivity index (χ1v) is 16.1. The summed E-state index contributed by atoms with van der Waals surface area (Å²) in [5.74, 6) is 4.29. The standard InChI is InChI=1S/C40H48NO6/c1-26(27-16-18-31(19-17-27)40(2,3)4)37-32-23-36(45-8)35(44-7)22-28(32)20-21-41(37)24-29-12-10-15-34(43-6)39(29)47-25-30-13-11-14-33(42-5)38(30)46-9/h10-19,22-23,26H,20-21,24-25H2,1-9H3/q+1. The van der Waals surface area contributed by atoms with Crippen molar-refractivity contribution in [1.29, 1.82) is 0 Å². The zero-order valence-electron chi connectivity index (χ0n) is 29.2. The molecule has 7 nitrogen and oxygen atoms in total. The van der Waals surface area contributed by atoms with Crippen molar-refractivity contribution in [3.8, 4) is 34.5 Å². The van der Waals surface area contributed by atoms with Crippen LogP contribution in [0.4, 0.5) is 0 Å². The maximum absolute atomic E-state index is 6.56. The van der Waals surface area contributed by atoms with Crippen molar-refractivity contribution >= 4 is 5.71 Å². The van der Waals surface area contributed by atoms with E-state index in [1.807, 2.05) is 30.3 Å². The Bertz CT molecular complexity index is 1740. The summed E-state index contributed by atoms with van der Waals surface area (Å²) in [6, 6.07) is 25.2. The second kappa shape index (κ2) is 14.4. The van der Waals surface area contributed by atoms with Gasteiger partial charge in [0.05, 0.1) is 47.0 Å². The molecule has 4 aromatic rings. The molecule has 1 aliphatic rings. The van der Waals surface area contributed by atoms with Crippen LogP contribution in [0.15, 0.2) is 72.8 Å². The molecule has 5 rings (SSSR count). The fourth-order valence-electron chi connectivity index (χ4n) is 6.45. The van der Waals surface area contributed by atoms with Gasteiger partial charge in [0.2, 0.25) is 0 Å². The maximum atomic E-state index is 6.56. The average molecular weight is 639 g/mol. The first-order chi connectivity index (χ1) is 22.6. The molecule has 1 unspecified atom stereocenters. The molecule has 0 saturated heterocycles. The Hall–Kier alpha value is -4.65. The van der Waals surface area contributed by atoms with Gasteiger partial charge in [-0.1, -0.05) is 63.2 Å². The number of para-hydroxylation sites is 2. The maximum Gasteiger partial charge on any atom is 0.191 e. The minimum absolute atomic E-state index is 0.0833. The first kappa shape index (κ1) is 33.7. The van der Waals surface area contributed by atoms with Crippen molar-refractivity contribution in [2.45, 2.75) is 58.6 Å². The lowest BCUT2D eigenvalue weighted by Gasteiger charge is -2.25. The zero-order valence-corrected chi connectivity index (χ0v) is 29.2. The molecule has 0 fully saturated rings. The predicted octanol–water partition coefficient (Wildman–Crippen LogP) is 7.97. The number of nitrogens with zero attached hydrogens (tertiary/aromatic N) is 1. The van der Waals surface area contributed by atoms with Crippen LogP contribution in [0.2, 0.25) is 0 Å². The van der Waals surface area contributed by atoms with Gasteiger partial charge < -0.3 is 28.4 Å². The molecule has 0 aromatic heterocycles. The van der Waals surface area contributed by atoms with Crippen LogP contribution in [0, 0.1) is 0 Å². The van der Waals surface area contributed by atoms with Crippen molar-refractivity contribution in [3.05, 3.63) is 106 Å². The van der Waals surface area contributed by atoms with E-state index in [-0.39, 0.29) is 11.3 Å². The van der Waals surface area contributed by atoms with Crippen LogP contribution in [0.5, 0.6) is 34.5 Å². The van der Waals surface area contributed by atoms with Crippen LogP contribution < -0.4 is 28.4 Å². The highest BCUT2D eigenvalue weighted by atomic mass is 16.5. The largest absolute Gasteiger partial charge is 0.493 e. The molecule has 0 saturated carbocycles. The number of methoxy groups -OCH3 is 5. The Morgan fingerprint density at radius 2 is 1.28 bits per heavy atom. The van der Waals surface area contributed by atoms with Crippen LogP contribution in [-0.4, -0.2) is 52.4 Å². The number of hydrogen-bond acceptors (Lipinski definition) is 6. The summed E-state index contributed by atoms with van der Waals surface area (Å²) in [6.45, 7) is 10.8. The van der Waals surface area contributed by atoms with Crippen molar-refractivity contribution in [2.75, 3.05) is 42.1 Å². The summed E-state index contributed by atoms with van der Waals surface area (Å²) < 4.78 is 37.5. The Morgan fingerprint density at radius 3 is 1.87 bits per heavy atom. The zero-order chi connectivity index (χ0) is 33.7. The number of benzene rings is 4. The van der Waals surface area contributed by atoms with Crippen molar-refractivity contribution in [1.82, 2.24) is 0 Å². The molecule has 1 heterocycles. The smallest absolute Gasteiger partial charge is 0.191 e. The summed E-state index contributed by atoms with van der Waals surface area (Å²) in [5.41, 5.74) is 8.23. The lowest BCUT2D eigenvalue weighted by molar-refractivity contribution is -0.546. The van der Waals surface area contributed by atoms with E-state index in [0.717, 1.165) is 35.6 Å². The van der Waals surface area contributed by atoms with Gasteiger partial charge in [-0.15, -0.1) is 0 Å². The minimum atomic E-state index is 0.0833. The van der Waals surface area contributed by atoms with Gasteiger partial charge in [0.1, 0.15) is 13.2 Å². The molecule has 7 heteroatoms. The van der Waals surface area contributed by atoms with Gasteiger partial charge in [-0.25, -0.2) is 4.58 Å². The quantitative estimate of drug-likeness (QED) is 0.147. The fraction of sp³-hybridized carbons (Fsp3) is 0.375. The molecule has 0 spiro atoms. The van der Waals surface area contributed by atoms with Gasteiger partial charge in [-0.05, 0) is 59.4 Å². The van der Waals surface area contributed by atoms with Crippen LogP contribution in [-0.2, 0) is 25.0 Å². The summed E-state index contributed by atoms with van der Waals surface area (Å²) in [5, 5.41) is 0. The summed E-state index contributed by atoms with van der Waals surface area (Å²) in [4.78, 5) is 0. The summed E-state index contributed by atoms with van der Waals surface area (Å²) >= 11 is 0. The third kappa shape index (κ3) is 7.04. The number of rotatable bonds is 12. The summed E-state index contributed by atoms with van der Waals surface area (Å²) in [7, 11) is 8.34. The summed E-state index contributed by atoms with van der Waals surface area (Å²) in [6.07, 6.45) is 0.871. The van der Waals surface area contributed by atoms with Gasteiger partial charge in [0.25, 0.3) is 0 Å². The van der Waals surface area contributed by atoms with Crippen molar-refractivity contribution < 1.29 is 33.0 Å². The first-order valence-electron chi connectivity index (χ1n) is 16.1. The van der Waals surface area contributed by atoms with Gasteiger partial charge in [-0.3, -0.25) is 0 Å². The topological polar surface area (TPSA) is 58.4 Å². The number of fused-ring (bicyclic) bond motifs is 1. The Morgan fingerprint density at radius 1 is 0.681 bits per heavy atom. The molecule has 248 valence electrons. The van der Waals surface area contributed by atoms with Crippen LogP contribution in [0.25, 0.3) is 0 Å². The molecule has 1 aliphatic heterocycles. The van der Waals surface area contributed by atoms with E-state index in [1.165, 1.54) is 28.0 Å². The third-order valence-corrected chi connectivity index (χ3v) is 9.06. The Kier molecular flexibility index (Phi) is 10.3. The highest BCUT2D eigenvalue weighted by Gasteiger charge is 2.33. The second-order valence-electron chi connectivity index (χ2n) is 12.9. The molecular weight excluding hydrogens is 590 g/mol. The molecule has 0 aliphatic carbocycles. The molecular formula is C40H48NO6+. The highest BCUT2D eigenvalue weighted by Crippen LogP contribution is 2.39. The molecule has 0 bridgehead atoms. The van der Waals surface area contributed by atoms with Gasteiger partial charge in [0.15, 0.2) is 46.8 Å². The molecule has 0 N–H and O–H groups in total.